The standard InChI is InChI=1S/C18H24FNO4/c1-18(2,10-17(23)24)9-16(22)20-7-3-4-13(11-20)12-5-6-14(19)15(21)8-12/h5-6,8,13,21H,3-4,7,9-11H2,1-2H3,(H,23,24). The summed E-state index contributed by atoms with van der Waals surface area (Å²) in [4.78, 5) is 25.2. The van der Waals surface area contributed by atoms with Gasteiger partial charge in [-0.05, 0) is 36.0 Å². The average Bonchev–Trinajstić information content (AvgIpc) is 2.48. The molecule has 1 unspecified atom stereocenters. The van der Waals surface area contributed by atoms with Crippen LogP contribution in [0.5, 0.6) is 5.75 Å². The molecule has 24 heavy (non-hydrogen) atoms. The molecule has 0 spiro atoms. The van der Waals surface area contributed by atoms with Crippen LogP contribution >= 0.6 is 0 Å². The number of halogens is 1. The summed E-state index contributed by atoms with van der Waals surface area (Å²) >= 11 is 0. The lowest BCUT2D eigenvalue weighted by Crippen LogP contribution is -2.41. The number of amides is 1. The summed E-state index contributed by atoms with van der Waals surface area (Å²) < 4.78 is 13.2. The third-order valence-electron chi connectivity index (χ3n) is 4.48. The van der Waals surface area contributed by atoms with Crippen molar-refractivity contribution in [2.75, 3.05) is 13.1 Å². The normalized spacial score (nSPS) is 18.5. The number of phenols is 1. The highest BCUT2D eigenvalue weighted by atomic mass is 19.1. The van der Waals surface area contributed by atoms with Crippen molar-refractivity contribution in [2.24, 2.45) is 5.41 Å². The molecule has 1 amide bonds. The molecule has 2 rings (SSSR count). The zero-order valence-corrected chi connectivity index (χ0v) is 14.1. The SMILES string of the molecule is CC(C)(CC(=O)O)CC(=O)N1CCCC(c2ccc(F)c(O)c2)C1. The van der Waals surface area contributed by atoms with E-state index in [2.05, 4.69) is 0 Å². The third kappa shape index (κ3) is 4.69. The van der Waals surface area contributed by atoms with E-state index in [4.69, 9.17) is 5.11 Å². The number of phenolic OH excluding ortho intramolecular Hbond substituents is 1. The maximum absolute atomic E-state index is 13.2. The van der Waals surface area contributed by atoms with Gasteiger partial charge < -0.3 is 15.1 Å². The van der Waals surface area contributed by atoms with Gasteiger partial charge in [-0.1, -0.05) is 19.9 Å². The van der Waals surface area contributed by atoms with Gasteiger partial charge in [0.2, 0.25) is 5.91 Å². The number of rotatable bonds is 5. The van der Waals surface area contributed by atoms with Gasteiger partial charge in [-0.25, -0.2) is 4.39 Å². The fourth-order valence-electron chi connectivity index (χ4n) is 3.25. The number of carboxylic acids is 1. The molecule has 5 nitrogen and oxygen atoms in total. The topological polar surface area (TPSA) is 77.8 Å². The molecule has 132 valence electrons. The second-order valence-electron chi connectivity index (χ2n) is 7.30. The fraction of sp³-hybridized carbons (Fsp3) is 0.556. The van der Waals surface area contributed by atoms with Crippen LogP contribution in [0.2, 0.25) is 0 Å². The van der Waals surface area contributed by atoms with Crippen molar-refractivity contribution in [3.63, 3.8) is 0 Å². The maximum atomic E-state index is 13.2. The van der Waals surface area contributed by atoms with E-state index in [1.165, 1.54) is 12.1 Å². The van der Waals surface area contributed by atoms with Crippen LogP contribution in [0.3, 0.4) is 0 Å². The van der Waals surface area contributed by atoms with Crippen molar-refractivity contribution in [3.05, 3.63) is 29.6 Å². The van der Waals surface area contributed by atoms with Gasteiger partial charge in [0.25, 0.3) is 0 Å². The van der Waals surface area contributed by atoms with Gasteiger partial charge in [-0.2, -0.15) is 0 Å². The van der Waals surface area contributed by atoms with E-state index in [0.29, 0.717) is 13.1 Å². The van der Waals surface area contributed by atoms with Gasteiger partial charge in [0.15, 0.2) is 11.6 Å². The number of piperidine rings is 1. The Bertz CT molecular complexity index is 629. The number of carbonyl (C=O) groups excluding carboxylic acids is 1. The lowest BCUT2D eigenvalue weighted by atomic mass is 9.84. The van der Waals surface area contributed by atoms with Crippen LogP contribution in [0.15, 0.2) is 18.2 Å². The van der Waals surface area contributed by atoms with Crippen molar-refractivity contribution in [2.45, 2.75) is 45.4 Å². The number of aromatic hydroxyl groups is 1. The molecule has 1 aromatic rings. The Morgan fingerprint density at radius 2 is 2.04 bits per heavy atom. The Hall–Kier alpha value is -2.11. The Morgan fingerprint density at radius 3 is 2.67 bits per heavy atom. The second kappa shape index (κ2) is 7.20. The molecule has 0 aliphatic carbocycles. The highest BCUT2D eigenvalue weighted by Crippen LogP contribution is 2.32. The monoisotopic (exact) mass is 337 g/mol. The number of likely N-dealkylation sites (tertiary alicyclic amines) is 1. The number of carboxylic acid groups (broad SMARTS) is 1. The molecule has 0 aromatic heterocycles. The lowest BCUT2D eigenvalue weighted by molar-refractivity contribution is -0.141. The van der Waals surface area contributed by atoms with Crippen LogP contribution in [0.1, 0.15) is 51.0 Å². The van der Waals surface area contributed by atoms with Gasteiger partial charge in [0, 0.05) is 25.4 Å². The summed E-state index contributed by atoms with van der Waals surface area (Å²) in [6.07, 6.45) is 1.82. The summed E-state index contributed by atoms with van der Waals surface area (Å²) in [5, 5.41) is 18.5. The molecule has 0 radical (unpaired) electrons. The summed E-state index contributed by atoms with van der Waals surface area (Å²) in [6.45, 7) is 4.70. The van der Waals surface area contributed by atoms with Crippen molar-refractivity contribution in [3.8, 4) is 5.75 Å². The zero-order valence-electron chi connectivity index (χ0n) is 14.1. The molecule has 1 aromatic carbocycles. The first-order chi connectivity index (χ1) is 11.2. The third-order valence-corrected chi connectivity index (χ3v) is 4.48. The lowest BCUT2D eigenvalue weighted by Gasteiger charge is -2.35. The van der Waals surface area contributed by atoms with E-state index in [-0.39, 0.29) is 30.4 Å². The molecule has 2 N–H and O–H groups in total. The first-order valence-electron chi connectivity index (χ1n) is 8.16. The van der Waals surface area contributed by atoms with Crippen molar-refractivity contribution >= 4 is 11.9 Å². The number of aliphatic carboxylic acids is 1. The van der Waals surface area contributed by atoms with Crippen LogP contribution in [-0.2, 0) is 9.59 Å². The van der Waals surface area contributed by atoms with E-state index in [1.54, 1.807) is 24.8 Å². The van der Waals surface area contributed by atoms with Gasteiger partial charge >= 0.3 is 5.97 Å². The van der Waals surface area contributed by atoms with Crippen LogP contribution in [0, 0.1) is 11.2 Å². The molecule has 1 atom stereocenters. The maximum Gasteiger partial charge on any atom is 0.303 e. The minimum absolute atomic E-state index is 0.0526. The molecule has 0 bridgehead atoms. The molecular formula is C18H24FNO4. The van der Waals surface area contributed by atoms with Crippen molar-refractivity contribution in [1.29, 1.82) is 0 Å². The minimum atomic E-state index is -0.911. The van der Waals surface area contributed by atoms with E-state index in [1.807, 2.05) is 0 Å². The van der Waals surface area contributed by atoms with Crippen LogP contribution < -0.4 is 0 Å². The number of hydrogen-bond donors (Lipinski definition) is 2. The molecule has 1 aliphatic heterocycles. The van der Waals surface area contributed by atoms with E-state index < -0.39 is 17.2 Å². The molecule has 1 saturated heterocycles. The smallest absolute Gasteiger partial charge is 0.303 e. The predicted molar refractivity (Wildman–Crippen MR) is 87.3 cm³/mol. The quantitative estimate of drug-likeness (QED) is 0.865. The largest absolute Gasteiger partial charge is 0.505 e. The minimum Gasteiger partial charge on any atom is -0.505 e. The van der Waals surface area contributed by atoms with Crippen LogP contribution in [0.4, 0.5) is 4.39 Å². The number of benzene rings is 1. The Labute approximate surface area is 141 Å². The second-order valence-corrected chi connectivity index (χ2v) is 7.30. The fourth-order valence-corrected chi connectivity index (χ4v) is 3.25. The van der Waals surface area contributed by atoms with E-state index in [9.17, 15) is 19.1 Å². The number of hydrogen-bond acceptors (Lipinski definition) is 3. The van der Waals surface area contributed by atoms with Gasteiger partial charge in [0.1, 0.15) is 0 Å². The Kier molecular flexibility index (Phi) is 5.47. The summed E-state index contributed by atoms with van der Waals surface area (Å²) in [6, 6.07) is 4.30. The molecule has 1 fully saturated rings. The molecule has 0 saturated carbocycles. The first kappa shape index (κ1) is 18.2. The van der Waals surface area contributed by atoms with Gasteiger partial charge in [-0.15, -0.1) is 0 Å². The Morgan fingerprint density at radius 1 is 1.33 bits per heavy atom. The Balaban J connectivity index is 2.03. The molecule has 1 aliphatic rings. The van der Waals surface area contributed by atoms with Crippen LogP contribution in [0.25, 0.3) is 0 Å². The summed E-state index contributed by atoms with van der Waals surface area (Å²) in [7, 11) is 0. The predicted octanol–water partition coefficient (Wildman–Crippen LogP) is 3.13. The zero-order chi connectivity index (χ0) is 17.9. The average molecular weight is 337 g/mol. The number of carbonyl (C=O) groups is 2. The van der Waals surface area contributed by atoms with Crippen molar-refractivity contribution in [1.82, 2.24) is 4.90 Å². The molecular weight excluding hydrogens is 313 g/mol. The van der Waals surface area contributed by atoms with Gasteiger partial charge in [0.05, 0.1) is 6.42 Å². The van der Waals surface area contributed by atoms with Gasteiger partial charge in [-0.3, -0.25) is 9.59 Å². The first-order valence-corrected chi connectivity index (χ1v) is 8.16. The number of nitrogens with zero attached hydrogens (tertiary/aromatic N) is 1. The summed E-state index contributed by atoms with van der Waals surface area (Å²) in [5.74, 6) is -1.95. The highest BCUT2D eigenvalue weighted by molar-refractivity contribution is 5.78. The van der Waals surface area contributed by atoms with Crippen molar-refractivity contribution < 1.29 is 24.2 Å². The van der Waals surface area contributed by atoms with E-state index in [0.717, 1.165) is 18.4 Å². The van der Waals surface area contributed by atoms with Crippen LogP contribution in [-0.4, -0.2) is 40.1 Å². The summed E-state index contributed by atoms with van der Waals surface area (Å²) in [5.41, 5.74) is 0.223. The molecule has 6 heteroatoms. The molecule has 1 heterocycles. The van der Waals surface area contributed by atoms with E-state index >= 15 is 0 Å². The highest BCUT2D eigenvalue weighted by Gasteiger charge is 2.30.